The molecule has 7 nitrogen and oxygen atoms in total. The van der Waals surface area contributed by atoms with E-state index in [1.54, 1.807) is 50.6 Å². The second-order valence-electron chi connectivity index (χ2n) is 7.07. The summed E-state index contributed by atoms with van der Waals surface area (Å²) in [5.74, 6) is 1.40. The Morgan fingerprint density at radius 2 is 1.79 bits per heavy atom. The van der Waals surface area contributed by atoms with Gasteiger partial charge in [-0.15, -0.1) is 0 Å². The number of carbonyl (C=O) groups excluding carboxylic acids is 1. The number of carbonyl (C=O) groups is 1. The normalized spacial score (nSPS) is 10.3. The number of ether oxygens (including phenoxy) is 3. The van der Waals surface area contributed by atoms with E-state index in [1.807, 2.05) is 42.5 Å². The first-order valence-electron chi connectivity index (χ1n) is 10.2. The van der Waals surface area contributed by atoms with E-state index in [0.29, 0.717) is 39.7 Å². The number of aromatic nitrogens is 1. The Hall–Kier alpha value is -4.57. The second kappa shape index (κ2) is 9.71. The molecule has 4 rings (SSSR count). The average molecular weight is 439 g/mol. The Balaban J connectivity index is 1.73. The lowest BCUT2D eigenvalue weighted by Crippen LogP contribution is -2.13. The number of para-hydroxylation sites is 1. The van der Waals surface area contributed by atoms with Crippen LogP contribution >= 0.6 is 0 Å². The first kappa shape index (κ1) is 21.7. The van der Waals surface area contributed by atoms with Crippen molar-refractivity contribution in [3.8, 4) is 34.6 Å². The van der Waals surface area contributed by atoms with E-state index in [-0.39, 0.29) is 12.5 Å². The van der Waals surface area contributed by atoms with E-state index >= 15 is 0 Å². The molecule has 1 N–H and O–H groups in total. The van der Waals surface area contributed by atoms with Crippen LogP contribution < -0.4 is 19.5 Å². The minimum absolute atomic E-state index is 0.0684. The van der Waals surface area contributed by atoms with Gasteiger partial charge in [-0.2, -0.15) is 5.26 Å². The highest BCUT2D eigenvalue weighted by Gasteiger charge is 2.16. The van der Waals surface area contributed by atoms with Gasteiger partial charge >= 0.3 is 0 Å². The van der Waals surface area contributed by atoms with Gasteiger partial charge < -0.3 is 19.5 Å². The van der Waals surface area contributed by atoms with E-state index in [2.05, 4.69) is 5.32 Å². The van der Waals surface area contributed by atoms with Crippen molar-refractivity contribution in [3.63, 3.8) is 0 Å². The van der Waals surface area contributed by atoms with Crippen LogP contribution in [0, 0.1) is 11.3 Å². The van der Waals surface area contributed by atoms with Gasteiger partial charge in [0.25, 0.3) is 5.91 Å². The molecule has 1 heterocycles. The molecule has 0 saturated carbocycles. The van der Waals surface area contributed by atoms with Crippen LogP contribution in [0.1, 0.15) is 10.4 Å². The lowest BCUT2D eigenvalue weighted by atomic mass is 10.0. The molecule has 164 valence electrons. The second-order valence-corrected chi connectivity index (χ2v) is 7.07. The predicted octanol–water partition coefficient (Wildman–Crippen LogP) is 5.07. The van der Waals surface area contributed by atoms with Crippen molar-refractivity contribution in [1.82, 2.24) is 4.98 Å². The molecule has 4 aromatic rings. The van der Waals surface area contributed by atoms with Gasteiger partial charge in [-0.25, -0.2) is 4.98 Å². The summed E-state index contributed by atoms with van der Waals surface area (Å²) in [6.45, 7) is -0.0684. The van der Waals surface area contributed by atoms with Gasteiger partial charge in [0, 0.05) is 22.7 Å². The van der Waals surface area contributed by atoms with Crippen molar-refractivity contribution in [3.05, 3.63) is 78.4 Å². The fourth-order valence-electron chi connectivity index (χ4n) is 3.48. The van der Waals surface area contributed by atoms with Crippen molar-refractivity contribution in [2.24, 2.45) is 0 Å². The molecule has 0 unspecified atom stereocenters. The highest BCUT2D eigenvalue weighted by atomic mass is 16.5. The molecule has 0 aliphatic heterocycles. The molecule has 0 aliphatic carbocycles. The summed E-state index contributed by atoms with van der Waals surface area (Å²) in [5, 5.41) is 12.4. The van der Waals surface area contributed by atoms with Gasteiger partial charge in [0.2, 0.25) is 0 Å². The highest BCUT2D eigenvalue weighted by Crippen LogP contribution is 2.33. The number of amides is 1. The molecule has 7 heteroatoms. The lowest BCUT2D eigenvalue weighted by molar-refractivity contribution is 0.102. The number of methoxy groups -OCH3 is 2. The highest BCUT2D eigenvalue weighted by molar-refractivity contribution is 6.13. The van der Waals surface area contributed by atoms with Crippen molar-refractivity contribution >= 4 is 22.5 Å². The topological polar surface area (TPSA) is 93.5 Å². The molecule has 0 atom stereocenters. The smallest absolute Gasteiger partial charge is 0.256 e. The molecule has 0 aliphatic rings. The molecular formula is C26H21N3O4. The minimum atomic E-state index is -0.284. The molecular weight excluding hydrogens is 418 g/mol. The largest absolute Gasteiger partial charge is 0.493 e. The standard InChI is InChI=1S/C26H21N3O4/c1-31-24-11-10-17(14-25(24)32-2)23-16-21(20-8-3-4-9-22(20)29-23)26(30)28-18-6-5-7-19(15-18)33-13-12-27/h3-11,14-16H,13H2,1-2H3,(H,28,30). The average Bonchev–Trinajstić information content (AvgIpc) is 2.86. The minimum Gasteiger partial charge on any atom is -0.493 e. The number of pyridine rings is 1. The van der Waals surface area contributed by atoms with Crippen molar-refractivity contribution < 1.29 is 19.0 Å². The first-order valence-corrected chi connectivity index (χ1v) is 10.2. The number of fused-ring (bicyclic) bond motifs is 1. The summed E-state index contributed by atoms with van der Waals surface area (Å²) in [7, 11) is 3.15. The third kappa shape index (κ3) is 4.70. The van der Waals surface area contributed by atoms with Crippen LogP contribution in [0.2, 0.25) is 0 Å². The van der Waals surface area contributed by atoms with Crippen LogP contribution in [-0.4, -0.2) is 31.7 Å². The number of anilines is 1. The Morgan fingerprint density at radius 1 is 0.970 bits per heavy atom. The SMILES string of the molecule is COc1ccc(-c2cc(C(=O)Nc3cccc(OCC#N)c3)c3ccccc3n2)cc1OC. The quantitative estimate of drug-likeness (QED) is 0.432. The van der Waals surface area contributed by atoms with Gasteiger partial charge in [-0.3, -0.25) is 4.79 Å². The van der Waals surface area contributed by atoms with Gasteiger partial charge in [-0.05, 0) is 42.5 Å². The first-order chi connectivity index (χ1) is 16.1. The number of hydrogen-bond donors (Lipinski definition) is 1. The Kier molecular flexibility index (Phi) is 6.37. The van der Waals surface area contributed by atoms with Gasteiger partial charge in [0.1, 0.15) is 11.8 Å². The van der Waals surface area contributed by atoms with Crippen LogP contribution in [-0.2, 0) is 0 Å². The van der Waals surface area contributed by atoms with E-state index < -0.39 is 0 Å². The van der Waals surface area contributed by atoms with Gasteiger partial charge in [0.15, 0.2) is 18.1 Å². The Morgan fingerprint density at radius 3 is 2.58 bits per heavy atom. The maximum Gasteiger partial charge on any atom is 0.256 e. The van der Waals surface area contributed by atoms with Crippen molar-refractivity contribution in [2.75, 3.05) is 26.1 Å². The zero-order valence-corrected chi connectivity index (χ0v) is 18.2. The van der Waals surface area contributed by atoms with Crippen molar-refractivity contribution in [2.45, 2.75) is 0 Å². The van der Waals surface area contributed by atoms with Gasteiger partial charge in [0.05, 0.1) is 31.0 Å². The summed E-state index contributed by atoms with van der Waals surface area (Å²) in [5.41, 5.74) is 3.16. The Labute approximate surface area is 191 Å². The number of rotatable bonds is 7. The fraction of sp³-hybridized carbons (Fsp3) is 0.115. The summed E-state index contributed by atoms with van der Waals surface area (Å²) < 4.78 is 16.1. The summed E-state index contributed by atoms with van der Waals surface area (Å²) in [4.78, 5) is 18.0. The molecule has 0 bridgehead atoms. The van der Waals surface area contributed by atoms with Crippen LogP contribution in [0.25, 0.3) is 22.2 Å². The monoisotopic (exact) mass is 439 g/mol. The predicted molar refractivity (Wildman–Crippen MR) is 126 cm³/mol. The number of nitriles is 1. The molecule has 0 radical (unpaired) electrons. The van der Waals surface area contributed by atoms with E-state index in [4.69, 9.17) is 24.5 Å². The van der Waals surface area contributed by atoms with Crippen LogP contribution in [0.5, 0.6) is 17.2 Å². The molecule has 1 amide bonds. The zero-order chi connectivity index (χ0) is 23.2. The fourth-order valence-corrected chi connectivity index (χ4v) is 3.48. The van der Waals surface area contributed by atoms with E-state index in [1.165, 1.54) is 0 Å². The summed E-state index contributed by atoms with van der Waals surface area (Å²) in [6.07, 6.45) is 0. The molecule has 1 aromatic heterocycles. The van der Waals surface area contributed by atoms with E-state index in [0.717, 1.165) is 10.9 Å². The van der Waals surface area contributed by atoms with Crippen LogP contribution in [0.4, 0.5) is 5.69 Å². The molecule has 33 heavy (non-hydrogen) atoms. The number of nitrogens with zero attached hydrogens (tertiary/aromatic N) is 2. The van der Waals surface area contributed by atoms with E-state index in [9.17, 15) is 4.79 Å². The van der Waals surface area contributed by atoms with Crippen LogP contribution in [0.3, 0.4) is 0 Å². The maximum atomic E-state index is 13.3. The Bertz CT molecular complexity index is 1360. The molecule has 0 saturated heterocycles. The van der Waals surface area contributed by atoms with Gasteiger partial charge in [-0.1, -0.05) is 24.3 Å². The number of hydrogen-bond acceptors (Lipinski definition) is 6. The number of nitrogens with one attached hydrogen (secondary N) is 1. The third-order valence-corrected chi connectivity index (χ3v) is 5.04. The number of benzene rings is 3. The summed E-state index contributed by atoms with van der Waals surface area (Å²) in [6, 6.07) is 23.6. The van der Waals surface area contributed by atoms with Crippen molar-refractivity contribution in [1.29, 1.82) is 5.26 Å². The zero-order valence-electron chi connectivity index (χ0n) is 18.2. The molecule has 0 fully saturated rings. The maximum absolute atomic E-state index is 13.3. The third-order valence-electron chi connectivity index (χ3n) is 5.04. The molecule has 3 aromatic carbocycles. The van der Waals surface area contributed by atoms with Crippen LogP contribution in [0.15, 0.2) is 72.8 Å². The summed E-state index contributed by atoms with van der Waals surface area (Å²) >= 11 is 0. The lowest BCUT2D eigenvalue weighted by Gasteiger charge is -2.13. The molecule has 0 spiro atoms.